The maximum absolute atomic E-state index is 13.1. The lowest BCUT2D eigenvalue weighted by Crippen LogP contribution is -2.70. The van der Waals surface area contributed by atoms with Crippen molar-refractivity contribution in [3.63, 3.8) is 0 Å². The molecule has 7 fully saturated rings. The molecule has 7 rings (SSSR count). The van der Waals surface area contributed by atoms with Crippen LogP contribution in [0.4, 0.5) is 0 Å². The van der Waals surface area contributed by atoms with Gasteiger partial charge in [0.1, 0.15) is 177 Å². The molecule has 0 aromatic heterocycles. The lowest BCUT2D eigenvalue weighted by atomic mass is 9.94. The van der Waals surface area contributed by atoms with Gasteiger partial charge in [-0.15, -0.1) is 0 Å². The number of rotatable bonds is 27. The van der Waals surface area contributed by atoms with Crippen molar-refractivity contribution < 1.29 is 193 Å². The highest BCUT2D eigenvalue weighted by Crippen LogP contribution is 2.37. The van der Waals surface area contributed by atoms with Gasteiger partial charge in [0, 0.05) is 20.8 Å². The smallest absolute Gasteiger partial charge is 0.217 e. The summed E-state index contributed by atoms with van der Waals surface area (Å²) in [7, 11) is 0. The molecule has 0 unspecified atom stereocenters. The third-order valence-corrected chi connectivity index (χ3v) is 17.4. The summed E-state index contributed by atoms with van der Waals surface area (Å²) >= 11 is 0. The molecular weight excluding hydrogens is 1310 g/mol. The fourth-order valence-corrected chi connectivity index (χ4v) is 12.0. The van der Waals surface area contributed by atoms with E-state index in [2.05, 4.69) is 16.0 Å². The van der Waals surface area contributed by atoms with Crippen LogP contribution in [0.15, 0.2) is 0 Å². The molecule has 558 valence electrons. The molecule has 3 amide bonds. The van der Waals surface area contributed by atoms with Crippen molar-refractivity contribution >= 4 is 17.7 Å². The van der Waals surface area contributed by atoms with E-state index in [0.717, 1.165) is 20.8 Å². The first-order chi connectivity index (χ1) is 45.2. The van der Waals surface area contributed by atoms with Crippen LogP contribution in [-0.2, 0) is 80.7 Å². The Bertz CT molecular complexity index is 2420. The van der Waals surface area contributed by atoms with E-state index in [1.54, 1.807) is 0 Å². The highest BCUT2D eigenvalue weighted by atomic mass is 16.8. The van der Waals surface area contributed by atoms with Crippen LogP contribution in [0.1, 0.15) is 34.6 Å². The fourth-order valence-electron chi connectivity index (χ4n) is 12.0. The van der Waals surface area contributed by atoms with E-state index in [9.17, 15) is 127 Å². The monoisotopic (exact) mass is 1410 g/mol. The molecule has 0 radical (unpaired) electrons. The predicted octanol–water partition coefficient (Wildman–Crippen LogP) is -16.3. The summed E-state index contributed by atoms with van der Waals surface area (Å²) in [5.74, 6) is -2.68. The molecule has 0 aliphatic carbocycles. The predicted molar refractivity (Wildman–Crippen MR) is 299 cm³/mol. The Morgan fingerprint density at radius 1 is 0.385 bits per heavy atom. The highest BCUT2D eigenvalue weighted by molar-refractivity contribution is 5.74. The first-order valence-electron chi connectivity index (χ1n) is 30.8. The first kappa shape index (κ1) is 80.3. The summed E-state index contributed by atoms with van der Waals surface area (Å²) in [6, 6.07) is -5.39. The average Bonchev–Trinajstić information content (AvgIpc) is 0.771. The van der Waals surface area contributed by atoms with Gasteiger partial charge in [-0.05, 0) is 13.8 Å². The average molecular weight is 1410 g/mol. The Balaban J connectivity index is 1.20. The summed E-state index contributed by atoms with van der Waals surface area (Å²) in [5.41, 5.74) is 0. The molecule has 0 spiro atoms. The third-order valence-electron chi connectivity index (χ3n) is 17.4. The largest absolute Gasteiger partial charge is 0.394 e. The molecule has 7 aliphatic heterocycles. The van der Waals surface area contributed by atoms with E-state index in [-0.39, 0.29) is 0 Å². The van der Waals surface area contributed by atoms with Gasteiger partial charge in [-0.3, -0.25) is 14.4 Å². The summed E-state index contributed by atoms with van der Waals surface area (Å²) in [6.45, 7) is -1.96. The van der Waals surface area contributed by atoms with Crippen molar-refractivity contribution in [2.24, 2.45) is 0 Å². The second-order valence-corrected chi connectivity index (χ2v) is 24.4. The quantitative estimate of drug-likeness (QED) is 0.0363. The van der Waals surface area contributed by atoms with Gasteiger partial charge in [0.2, 0.25) is 17.7 Å². The zero-order valence-electron chi connectivity index (χ0n) is 52.2. The minimum atomic E-state index is -2.51. The molecule has 7 aliphatic rings. The van der Waals surface area contributed by atoms with Crippen LogP contribution in [0, 0.1) is 0 Å². The zero-order valence-corrected chi connectivity index (χ0v) is 52.2. The minimum absolute atomic E-state index is 0.841. The fraction of sp³-hybridized carbons (Fsp3) is 0.944. The second-order valence-electron chi connectivity index (χ2n) is 24.4. The molecule has 25 N–H and O–H groups in total. The molecule has 39 atom stereocenters. The van der Waals surface area contributed by atoms with Crippen molar-refractivity contribution in [3.8, 4) is 0 Å². The first-order valence-corrected chi connectivity index (χ1v) is 30.8. The maximum atomic E-state index is 13.1. The van der Waals surface area contributed by atoms with Gasteiger partial charge in [0.05, 0.1) is 64.5 Å². The van der Waals surface area contributed by atoms with Crippen LogP contribution in [-0.4, -0.2) is 415 Å². The standard InChI is InChI=1S/C54H93N3O39/c1-13-27(67)34(74)38(78)50(85-13)94-45-25(56-16(4)64)48(87-22(9-61)32(45)72)84-12-24-33(73)47(96-53-41(81)37(77)31(71)21(8-60)89-53)42(82)54(91-24)92-43(18(6-58)55-15(3)63)29(69)19(66)11-83-49-26(57-17(5)65)46(95-51-39(79)35(75)28(68)14(2)86-51)44(23(10-62)90-49)93-52-40(80)36(76)30(70)20(7-59)88-52/h13-14,18-54,58-62,66-82H,6-12H2,1-5H3,(H,55,63)(H,56,64)(H,57,65)/t13-,14-,18+,19-,20-,21-,22-,23-,24-,25-,26-,27+,28+,29+,30+,31+,32-,33+,34+,35+,36+,37+,38-,39-,40-,41-,42-,43-,44-,45-,46-,47+,48-,49-,50-,51-,52+,53+,54+/m1/s1. The van der Waals surface area contributed by atoms with Gasteiger partial charge in [0.25, 0.3) is 0 Å². The van der Waals surface area contributed by atoms with E-state index < -0.39 is 303 Å². The van der Waals surface area contributed by atoms with Gasteiger partial charge in [-0.2, -0.15) is 0 Å². The summed E-state index contributed by atoms with van der Waals surface area (Å²) in [6.07, 6.45) is -70.6. The van der Waals surface area contributed by atoms with E-state index in [1.807, 2.05) is 0 Å². The zero-order chi connectivity index (χ0) is 71.2. The van der Waals surface area contributed by atoms with Gasteiger partial charge >= 0.3 is 0 Å². The summed E-state index contributed by atoms with van der Waals surface area (Å²) < 4.78 is 82.0. The molecule has 0 aromatic rings. The van der Waals surface area contributed by atoms with Gasteiger partial charge in [-0.25, -0.2) is 0 Å². The van der Waals surface area contributed by atoms with Crippen LogP contribution in [0.3, 0.4) is 0 Å². The highest BCUT2D eigenvalue weighted by Gasteiger charge is 2.58. The molecule has 7 heterocycles. The molecule has 0 aromatic carbocycles. The van der Waals surface area contributed by atoms with Crippen LogP contribution in [0.2, 0.25) is 0 Å². The van der Waals surface area contributed by atoms with Crippen LogP contribution < -0.4 is 16.0 Å². The number of carbonyl (C=O) groups excluding carboxylic acids is 3. The molecular formula is C54H93N3O39. The number of nitrogens with one attached hydrogen (secondary N) is 3. The van der Waals surface area contributed by atoms with Crippen molar-refractivity contribution in [3.05, 3.63) is 0 Å². The molecule has 42 heteroatoms. The normalized spacial score (nSPS) is 46.8. The molecule has 42 nitrogen and oxygen atoms in total. The Kier molecular flexibility index (Phi) is 29.5. The van der Waals surface area contributed by atoms with E-state index in [0.29, 0.717) is 0 Å². The molecule has 7 saturated heterocycles. The van der Waals surface area contributed by atoms with E-state index >= 15 is 0 Å². The van der Waals surface area contributed by atoms with Crippen LogP contribution in [0.5, 0.6) is 0 Å². The number of amides is 3. The van der Waals surface area contributed by atoms with Crippen molar-refractivity contribution in [2.75, 3.05) is 46.2 Å². The number of carbonyl (C=O) groups is 3. The molecule has 0 saturated carbocycles. The SMILES string of the molecule is CC(=O)N[C@H]1[C@H](OC[C@@H](O)[C@H](O)[C@H](O[C@@H]2O[C@H](CO[C@@H]3O[C@H](CO)[C@@H](O)[C@H](O[C@H]4O[C@H](C)[C@H](O)[C@H](O)[C@H]4O)[C@H]3NC(C)=O)[C@H](O)[C@H](O[C@@H]3O[C@H](CO)[C@H](O)[C@H](O)[C@H]3O)[C@H]2O)[C@H](CO)NC(C)=O)O[C@H](CO)[C@@H](O[C@@H]2O[C@H](CO)[C@H](O)[C@H](O)[C@H]2O)[C@@H]1O[C@H]1O[C@H](C)[C@H](O)[C@H](O)[C@H]1O. The second kappa shape index (κ2) is 35.2. The van der Waals surface area contributed by atoms with Gasteiger partial charge in [0.15, 0.2) is 44.0 Å². The molecule has 96 heavy (non-hydrogen) atoms. The van der Waals surface area contributed by atoms with Crippen molar-refractivity contribution in [2.45, 2.75) is 274 Å². The number of hydrogen-bond acceptors (Lipinski definition) is 39. The summed E-state index contributed by atoms with van der Waals surface area (Å²) in [4.78, 5) is 38.6. The van der Waals surface area contributed by atoms with Crippen molar-refractivity contribution in [1.29, 1.82) is 0 Å². The Morgan fingerprint density at radius 3 is 1.22 bits per heavy atom. The van der Waals surface area contributed by atoms with Crippen LogP contribution >= 0.6 is 0 Å². The number of aliphatic hydroxyl groups excluding tert-OH is 22. The summed E-state index contributed by atoms with van der Waals surface area (Å²) in [5, 5.41) is 247. The van der Waals surface area contributed by atoms with Crippen molar-refractivity contribution in [1.82, 2.24) is 16.0 Å². The lowest BCUT2D eigenvalue weighted by molar-refractivity contribution is -0.375. The number of ether oxygens (including phenoxy) is 14. The Hall–Kier alpha value is -3.03. The molecule has 0 bridgehead atoms. The van der Waals surface area contributed by atoms with E-state index in [4.69, 9.17) is 66.3 Å². The number of aliphatic hydroxyl groups is 22. The van der Waals surface area contributed by atoms with E-state index in [1.165, 1.54) is 13.8 Å². The Labute approximate surface area is 545 Å². The number of hydrogen-bond donors (Lipinski definition) is 25. The Morgan fingerprint density at radius 2 is 0.760 bits per heavy atom. The minimum Gasteiger partial charge on any atom is -0.394 e. The lowest BCUT2D eigenvalue weighted by Gasteiger charge is -2.50. The van der Waals surface area contributed by atoms with Gasteiger partial charge in [-0.1, -0.05) is 0 Å². The topological polar surface area (TPSA) is 662 Å². The third kappa shape index (κ3) is 18.2. The van der Waals surface area contributed by atoms with Crippen LogP contribution in [0.25, 0.3) is 0 Å². The van der Waals surface area contributed by atoms with Gasteiger partial charge < -0.3 is 195 Å². The maximum Gasteiger partial charge on any atom is 0.217 e.